The van der Waals surface area contributed by atoms with Crippen LogP contribution >= 0.6 is 0 Å². The molecule has 12 nitrogen and oxygen atoms in total. The van der Waals surface area contributed by atoms with Crippen LogP contribution in [0.2, 0.25) is 0 Å². The summed E-state index contributed by atoms with van der Waals surface area (Å²) in [6, 6.07) is 9.78. The van der Waals surface area contributed by atoms with E-state index >= 15 is 0 Å². The van der Waals surface area contributed by atoms with E-state index in [1.54, 1.807) is 25.5 Å². The zero-order valence-electron chi connectivity index (χ0n) is 23.8. The van der Waals surface area contributed by atoms with Crippen molar-refractivity contribution in [2.24, 2.45) is 16.9 Å². The molecule has 0 unspecified atom stereocenters. The van der Waals surface area contributed by atoms with Gasteiger partial charge in [0.25, 0.3) is 0 Å². The Hall–Kier alpha value is -3.71. The van der Waals surface area contributed by atoms with E-state index < -0.39 is 40.3 Å². The summed E-state index contributed by atoms with van der Waals surface area (Å²) in [6.07, 6.45) is 5.99. The van der Waals surface area contributed by atoms with E-state index in [2.05, 4.69) is 15.1 Å². The average molecular weight is 598 g/mol. The first-order valence-electron chi connectivity index (χ1n) is 14.5. The SMILES string of the molecule is CN(C[C@H]1CCCN(C=NN)C1)C(=O)C[C@H](NS(=O)(=O)c1ccc2ccccc2c1)C(=O)N(C(=O)NC1CC1)C1CC1. The lowest BCUT2D eigenvalue weighted by atomic mass is 9.97. The fourth-order valence-electron chi connectivity index (χ4n) is 5.45. The Kier molecular flexibility index (Phi) is 8.97. The number of hydrogen-bond acceptors (Lipinski definition) is 7. The fraction of sp³-hybridized carbons (Fsp3) is 0.517. The topological polar surface area (TPSA) is 158 Å². The van der Waals surface area contributed by atoms with Gasteiger partial charge in [0, 0.05) is 38.8 Å². The molecule has 1 aliphatic heterocycles. The molecule has 5 rings (SSSR count). The van der Waals surface area contributed by atoms with Gasteiger partial charge in [-0.05, 0) is 67.3 Å². The molecule has 13 heteroatoms. The molecule has 0 radical (unpaired) electrons. The predicted octanol–water partition coefficient (Wildman–Crippen LogP) is 1.81. The number of carbonyl (C=O) groups excluding carboxylic acids is 3. The van der Waals surface area contributed by atoms with Gasteiger partial charge in [-0.15, -0.1) is 0 Å². The number of amides is 4. The van der Waals surface area contributed by atoms with Gasteiger partial charge in [0.15, 0.2) is 0 Å². The minimum absolute atomic E-state index is 0.0198. The van der Waals surface area contributed by atoms with Gasteiger partial charge >= 0.3 is 6.03 Å². The van der Waals surface area contributed by atoms with Crippen LogP contribution in [0.3, 0.4) is 0 Å². The van der Waals surface area contributed by atoms with Crippen LogP contribution in [0, 0.1) is 5.92 Å². The van der Waals surface area contributed by atoms with E-state index in [0.29, 0.717) is 25.9 Å². The van der Waals surface area contributed by atoms with Crippen molar-refractivity contribution >= 4 is 45.0 Å². The van der Waals surface area contributed by atoms with Crippen LogP contribution in [0.1, 0.15) is 44.9 Å². The Balaban J connectivity index is 1.35. The third kappa shape index (κ3) is 7.37. The first-order chi connectivity index (χ1) is 20.1. The summed E-state index contributed by atoms with van der Waals surface area (Å²) >= 11 is 0. The van der Waals surface area contributed by atoms with Gasteiger partial charge in [0.05, 0.1) is 11.3 Å². The van der Waals surface area contributed by atoms with Gasteiger partial charge in [0.1, 0.15) is 12.4 Å². The molecule has 4 N–H and O–H groups in total. The zero-order valence-corrected chi connectivity index (χ0v) is 24.6. The molecular weight excluding hydrogens is 558 g/mol. The van der Waals surface area contributed by atoms with Crippen molar-refractivity contribution in [1.82, 2.24) is 24.7 Å². The molecule has 0 spiro atoms. The molecule has 0 aromatic heterocycles. The van der Waals surface area contributed by atoms with E-state index in [-0.39, 0.29) is 22.9 Å². The quantitative estimate of drug-likeness (QED) is 0.154. The van der Waals surface area contributed by atoms with Gasteiger partial charge in [-0.2, -0.15) is 9.82 Å². The maximum Gasteiger partial charge on any atom is 0.324 e. The molecule has 1 saturated heterocycles. The molecular formula is C29H39N7O5S. The number of carbonyl (C=O) groups is 3. The van der Waals surface area contributed by atoms with E-state index in [0.717, 1.165) is 47.9 Å². The van der Waals surface area contributed by atoms with Crippen molar-refractivity contribution in [1.29, 1.82) is 0 Å². The fourth-order valence-corrected chi connectivity index (χ4v) is 6.68. The number of nitrogens with two attached hydrogens (primary N) is 1. The second-order valence-electron chi connectivity index (χ2n) is 11.6. The summed E-state index contributed by atoms with van der Waals surface area (Å²) in [7, 11) is -2.57. The highest BCUT2D eigenvalue weighted by Crippen LogP contribution is 2.30. The van der Waals surface area contributed by atoms with Gasteiger partial charge < -0.3 is 21.0 Å². The Labute approximate surface area is 246 Å². The van der Waals surface area contributed by atoms with E-state index in [9.17, 15) is 22.8 Å². The molecule has 4 amide bonds. The number of hydrogen-bond donors (Lipinski definition) is 3. The Morgan fingerprint density at radius 2 is 1.83 bits per heavy atom. The lowest BCUT2D eigenvalue weighted by Crippen LogP contribution is -2.55. The summed E-state index contributed by atoms with van der Waals surface area (Å²) < 4.78 is 29.7. The molecule has 0 bridgehead atoms. The molecule has 2 aliphatic carbocycles. The first-order valence-corrected chi connectivity index (χ1v) is 16.0. The number of nitrogens with zero attached hydrogens (tertiary/aromatic N) is 4. The van der Waals surface area contributed by atoms with Crippen molar-refractivity contribution in [2.75, 3.05) is 26.7 Å². The number of nitrogens with one attached hydrogen (secondary N) is 2. The molecule has 2 atom stereocenters. The van der Waals surface area contributed by atoms with Crippen molar-refractivity contribution in [3.05, 3.63) is 42.5 Å². The summed E-state index contributed by atoms with van der Waals surface area (Å²) in [5.74, 6) is 4.36. The molecule has 2 aromatic carbocycles. The number of piperidine rings is 1. The number of likely N-dealkylation sites (tertiary alicyclic amines) is 1. The average Bonchev–Trinajstić information content (AvgIpc) is 3.90. The molecule has 1 heterocycles. The maximum absolute atomic E-state index is 13.9. The van der Waals surface area contributed by atoms with Crippen LogP contribution in [0.4, 0.5) is 4.79 Å². The summed E-state index contributed by atoms with van der Waals surface area (Å²) in [4.78, 5) is 45.0. The van der Waals surface area contributed by atoms with Crippen LogP contribution in [-0.4, -0.2) is 92.1 Å². The summed E-state index contributed by atoms with van der Waals surface area (Å²) in [6.45, 7) is 1.95. The minimum atomic E-state index is -4.22. The lowest BCUT2D eigenvalue weighted by Gasteiger charge is -2.34. The monoisotopic (exact) mass is 597 g/mol. The zero-order chi connectivity index (χ0) is 29.9. The maximum atomic E-state index is 13.9. The molecule has 3 fully saturated rings. The summed E-state index contributed by atoms with van der Waals surface area (Å²) in [5, 5.41) is 8.03. The molecule has 2 saturated carbocycles. The van der Waals surface area contributed by atoms with Crippen molar-refractivity contribution in [3.63, 3.8) is 0 Å². The highest BCUT2D eigenvalue weighted by Gasteiger charge is 2.43. The third-order valence-corrected chi connectivity index (χ3v) is 9.49. The number of hydrazone groups is 1. The number of urea groups is 1. The van der Waals surface area contributed by atoms with Crippen LogP contribution in [0.5, 0.6) is 0 Å². The Bertz CT molecular complexity index is 1460. The smallest absolute Gasteiger partial charge is 0.324 e. The van der Waals surface area contributed by atoms with Crippen LogP contribution in [-0.2, 0) is 19.6 Å². The molecule has 2 aromatic rings. The van der Waals surface area contributed by atoms with E-state index in [4.69, 9.17) is 5.84 Å². The predicted molar refractivity (Wildman–Crippen MR) is 159 cm³/mol. The first kappa shape index (κ1) is 29.8. The normalized spacial score (nSPS) is 19.9. The number of imide groups is 1. The number of sulfonamides is 1. The second-order valence-corrected chi connectivity index (χ2v) is 13.3. The second kappa shape index (κ2) is 12.7. The molecule has 42 heavy (non-hydrogen) atoms. The summed E-state index contributed by atoms with van der Waals surface area (Å²) in [5.41, 5.74) is 0. The van der Waals surface area contributed by atoms with Gasteiger partial charge in [-0.3, -0.25) is 14.5 Å². The number of rotatable bonds is 11. The van der Waals surface area contributed by atoms with Crippen LogP contribution in [0.25, 0.3) is 10.8 Å². The van der Waals surface area contributed by atoms with E-state index in [1.807, 2.05) is 23.1 Å². The van der Waals surface area contributed by atoms with Gasteiger partial charge in [-0.25, -0.2) is 13.2 Å². The lowest BCUT2D eigenvalue weighted by molar-refractivity contribution is -0.137. The highest BCUT2D eigenvalue weighted by molar-refractivity contribution is 7.89. The van der Waals surface area contributed by atoms with Crippen molar-refractivity contribution in [2.45, 2.75) is 68.0 Å². The minimum Gasteiger partial charge on any atom is -0.361 e. The highest BCUT2D eigenvalue weighted by atomic mass is 32.2. The van der Waals surface area contributed by atoms with Gasteiger partial charge in [0.2, 0.25) is 21.8 Å². The van der Waals surface area contributed by atoms with Crippen LogP contribution < -0.4 is 15.9 Å². The van der Waals surface area contributed by atoms with E-state index in [1.165, 1.54) is 17.0 Å². The van der Waals surface area contributed by atoms with Crippen molar-refractivity contribution in [3.8, 4) is 0 Å². The molecule has 226 valence electrons. The van der Waals surface area contributed by atoms with Gasteiger partial charge in [-0.1, -0.05) is 30.3 Å². The van der Waals surface area contributed by atoms with Crippen LogP contribution in [0.15, 0.2) is 52.5 Å². The molecule has 3 aliphatic rings. The number of fused-ring (bicyclic) bond motifs is 1. The standard InChI is InChI=1S/C29H39N7O5S/c1-34(17-20-5-4-14-35(18-20)19-31-30)27(37)16-26(28(38)36(24-11-12-24)29(39)32-23-9-10-23)33-42(40,41)25-13-8-21-6-2-3-7-22(21)15-25/h2-3,6-8,13,15,19-20,23-24,26,33H,4-5,9-12,14,16-18,30H2,1H3,(H,32,39)/t20-,26+/m1/s1. The Morgan fingerprint density at radius 1 is 1.10 bits per heavy atom. The number of benzene rings is 2. The largest absolute Gasteiger partial charge is 0.361 e. The Morgan fingerprint density at radius 3 is 2.52 bits per heavy atom. The van der Waals surface area contributed by atoms with Crippen molar-refractivity contribution < 1.29 is 22.8 Å². The third-order valence-electron chi connectivity index (χ3n) is 8.02.